The maximum Gasteiger partial charge on any atom is 0.414 e. The third kappa shape index (κ3) is 6.06. The summed E-state index contributed by atoms with van der Waals surface area (Å²) in [5.74, 6) is 0.0508. The average molecular weight is 556 g/mol. The molecule has 2 aromatic heterocycles. The molecule has 1 saturated heterocycles. The number of halogens is 1. The van der Waals surface area contributed by atoms with Gasteiger partial charge in [0.15, 0.2) is 6.61 Å². The molecule has 0 radical (unpaired) electrons. The highest BCUT2D eigenvalue weighted by molar-refractivity contribution is 5.97. The molecular weight excluding hydrogens is 525 g/mol. The summed E-state index contributed by atoms with van der Waals surface area (Å²) in [6.07, 6.45) is 0.322. The number of cyclic esters (lactones) is 1. The number of hydrogen-bond acceptors (Lipinski definition) is 10. The van der Waals surface area contributed by atoms with Gasteiger partial charge in [-0.2, -0.15) is 0 Å². The first kappa shape index (κ1) is 27.5. The molecule has 0 unspecified atom stereocenters. The van der Waals surface area contributed by atoms with Gasteiger partial charge in [0.2, 0.25) is 5.88 Å². The van der Waals surface area contributed by atoms with Crippen LogP contribution in [0.5, 0.6) is 11.6 Å². The van der Waals surface area contributed by atoms with E-state index in [4.69, 9.17) is 14.2 Å². The van der Waals surface area contributed by atoms with Crippen LogP contribution in [0, 0.1) is 5.82 Å². The van der Waals surface area contributed by atoms with Gasteiger partial charge in [-0.15, -0.1) is 0 Å². The minimum Gasteiger partial charge on any atom is -0.482 e. The molecule has 2 amide bonds. The summed E-state index contributed by atoms with van der Waals surface area (Å²) in [5, 5.41) is 22.3. The number of amides is 2. The zero-order valence-corrected chi connectivity index (χ0v) is 21.9. The van der Waals surface area contributed by atoms with Gasteiger partial charge in [-0.05, 0) is 43.7 Å². The van der Waals surface area contributed by atoms with E-state index in [1.807, 2.05) is 4.90 Å². The number of fused-ring (bicyclic) bond motifs is 2. The van der Waals surface area contributed by atoms with Crippen LogP contribution in [0.15, 0.2) is 36.5 Å². The number of ether oxygens (including phenoxy) is 3. The van der Waals surface area contributed by atoms with Gasteiger partial charge in [-0.3, -0.25) is 19.6 Å². The van der Waals surface area contributed by atoms with Crippen LogP contribution >= 0.6 is 0 Å². The summed E-state index contributed by atoms with van der Waals surface area (Å²) in [6, 6.07) is 8.44. The Bertz CT molecular complexity index is 1410. The van der Waals surface area contributed by atoms with Gasteiger partial charge in [0.05, 0.1) is 43.8 Å². The SMILES string of the molecule is COc1ccc2ncc(F)c(CN(CCC[C@@H]3CN(c4ccc5c(c4)NC(=O)CO5)C(=O)O3)C[C@H](O)CO)c2n1. The quantitative estimate of drug-likeness (QED) is 0.321. The van der Waals surface area contributed by atoms with Crippen LogP contribution in [0.4, 0.5) is 20.6 Å². The van der Waals surface area contributed by atoms with Crippen molar-refractivity contribution in [3.63, 3.8) is 0 Å². The van der Waals surface area contributed by atoms with Crippen LogP contribution in [0.3, 0.4) is 0 Å². The first-order valence-electron chi connectivity index (χ1n) is 12.9. The van der Waals surface area contributed by atoms with Crippen molar-refractivity contribution in [3.05, 3.63) is 47.9 Å². The number of carbonyl (C=O) groups excluding carboxylic acids is 2. The molecule has 5 rings (SSSR count). The van der Waals surface area contributed by atoms with Gasteiger partial charge in [0, 0.05) is 30.4 Å². The number of anilines is 2. The minimum absolute atomic E-state index is 0.0543. The van der Waals surface area contributed by atoms with Gasteiger partial charge >= 0.3 is 6.09 Å². The summed E-state index contributed by atoms with van der Waals surface area (Å²) >= 11 is 0. The zero-order valence-electron chi connectivity index (χ0n) is 21.9. The van der Waals surface area contributed by atoms with Gasteiger partial charge < -0.3 is 29.7 Å². The lowest BCUT2D eigenvalue weighted by molar-refractivity contribution is -0.118. The second-order valence-electron chi connectivity index (χ2n) is 9.65. The molecule has 0 saturated carbocycles. The average Bonchev–Trinajstić information content (AvgIpc) is 3.33. The van der Waals surface area contributed by atoms with Crippen molar-refractivity contribution in [1.29, 1.82) is 0 Å². The third-order valence-corrected chi connectivity index (χ3v) is 6.79. The minimum atomic E-state index is -1.02. The van der Waals surface area contributed by atoms with Crippen LogP contribution < -0.4 is 19.7 Å². The molecule has 4 heterocycles. The van der Waals surface area contributed by atoms with E-state index in [0.717, 1.165) is 6.20 Å². The number of benzene rings is 1. The third-order valence-electron chi connectivity index (χ3n) is 6.79. The largest absolute Gasteiger partial charge is 0.482 e. The molecule has 3 N–H and O–H groups in total. The Morgan fingerprint density at radius 1 is 1.30 bits per heavy atom. The highest BCUT2D eigenvalue weighted by Gasteiger charge is 2.33. The molecule has 2 aliphatic heterocycles. The molecule has 12 nitrogen and oxygen atoms in total. The van der Waals surface area contributed by atoms with Gasteiger partial charge in [0.1, 0.15) is 23.2 Å². The second-order valence-corrected chi connectivity index (χ2v) is 9.65. The van der Waals surface area contributed by atoms with Crippen LogP contribution in [0.25, 0.3) is 11.0 Å². The molecule has 0 spiro atoms. The van der Waals surface area contributed by atoms with Gasteiger partial charge in [-0.25, -0.2) is 14.2 Å². The van der Waals surface area contributed by atoms with Crippen LogP contribution in [-0.4, -0.2) is 89.2 Å². The van der Waals surface area contributed by atoms with Crippen molar-refractivity contribution in [1.82, 2.24) is 14.9 Å². The number of pyridine rings is 2. The van der Waals surface area contributed by atoms with Crippen molar-refractivity contribution >= 4 is 34.4 Å². The van der Waals surface area contributed by atoms with Crippen molar-refractivity contribution < 1.29 is 38.4 Å². The van der Waals surface area contributed by atoms with Crippen molar-refractivity contribution in [2.24, 2.45) is 0 Å². The van der Waals surface area contributed by atoms with E-state index in [2.05, 4.69) is 15.3 Å². The Balaban J connectivity index is 1.24. The highest BCUT2D eigenvalue weighted by Crippen LogP contribution is 2.34. The van der Waals surface area contributed by atoms with Crippen molar-refractivity contribution in [2.45, 2.75) is 31.6 Å². The van der Waals surface area contributed by atoms with Gasteiger partial charge in [0.25, 0.3) is 5.91 Å². The number of aliphatic hydroxyl groups is 2. The molecule has 212 valence electrons. The number of methoxy groups -OCH3 is 1. The molecule has 40 heavy (non-hydrogen) atoms. The predicted octanol–water partition coefficient (Wildman–Crippen LogP) is 2.07. The van der Waals surface area contributed by atoms with E-state index >= 15 is 0 Å². The first-order valence-corrected chi connectivity index (χ1v) is 12.9. The molecule has 3 aromatic rings. The first-order chi connectivity index (χ1) is 19.3. The molecule has 1 fully saturated rings. The second kappa shape index (κ2) is 12.0. The van der Waals surface area contributed by atoms with Crippen molar-refractivity contribution in [3.8, 4) is 11.6 Å². The molecule has 13 heteroatoms. The lowest BCUT2D eigenvalue weighted by Gasteiger charge is -2.25. The molecule has 0 aliphatic carbocycles. The van der Waals surface area contributed by atoms with Gasteiger partial charge in [-0.1, -0.05) is 0 Å². The zero-order chi connectivity index (χ0) is 28.2. The maximum atomic E-state index is 14.9. The van der Waals surface area contributed by atoms with Crippen LogP contribution in [-0.2, 0) is 16.1 Å². The Morgan fingerprint density at radius 2 is 2.15 bits per heavy atom. The standard InChI is InChI=1S/C27H30FN5O7/c1-38-25-7-5-21-26(31-25)19(20(28)10-29-21)13-32(11-17(35)14-34)8-2-3-18-12-33(27(37)40-18)16-4-6-23-22(9-16)30-24(36)15-39-23/h4-7,9-10,17-18,34-35H,2-3,8,11-15H2,1H3,(H,30,36)/t17-,18+/m0/s1. The fraction of sp³-hybridized carbons (Fsp3) is 0.407. The lowest BCUT2D eigenvalue weighted by Crippen LogP contribution is -2.35. The number of hydrogen-bond donors (Lipinski definition) is 3. The lowest BCUT2D eigenvalue weighted by atomic mass is 10.1. The fourth-order valence-corrected chi connectivity index (χ4v) is 4.82. The monoisotopic (exact) mass is 555 g/mol. The molecule has 2 atom stereocenters. The number of nitrogens with one attached hydrogen (secondary N) is 1. The summed E-state index contributed by atoms with van der Waals surface area (Å²) in [7, 11) is 1.47. The molecule has 2 aliphatic rings. The summed E-state index contributed by atoms with van der Waals surface area (Å²) in [4.78, 5) is 36.0. The Labute approximate surface area is 229 Å². The normalized spacial score (nSPS) is 17.4. The Kier molecular flexibility index (Phi) is 8.24. The number of aliphatic hydroxyl groups excluding tert-OH is 2. The van der Waals surface area contributed by atoms with E-state index in [-0.39, 0.29) is 31.7 Å². The Hall–Kier alpha value is -4.07. The maximum absolute atomic E-state index is 14.9. The van der Waals surface area contributed by atoms with E-state index < -0.39 is 24.6 Å². The summed E-state index contributed by atoms with van der Waals surface area (Å²) < 4.78 is 31.0. The fourth-order valence-electron chi connectivity index (χ4n) is 4.82. The molecular formula is C27H30FN5O7. The number of rotatable bonds is 11. The highest BCUT2D eigenvalue weighted by atomic mass is 19.1. The topological polar surface area (TPSA) is 147 Å². The number of carbonyl (C=O) groups is 2. The van der Waals surface area contributed by atoms with E-state index in [0.29, 0.717) is 65.5 Å². The summed E-state index contributed by atoms with van der Waals surface area (Å²) in [6.45, 7) is 0.468. The van der Waals surface area contributed by atoms with E-state index in [1.54, 1.807) is 30.3 Å². The Morgan fingerprint density at radius 3 is 2.95 bits per heavy atom. The van der Waals surface area contributed by atoms with Crippen LogP contribution in [0.2, 0.25) is 0 Å². The smallest absolute Gasteiger partial charge is 0.414 e. The van der Waals surface area contributed by atoms with Crippen LogP contribution in [0.1, 0.15) is 18.4 Å². The number of aromatic nitrogens is 2. The molecule has 0 bridgehead atoms. The summed E-state index contributed by atoms with van der Waals surface area (Å²) in [5.41, 5.74) is 2.23. The number of nitrogens with zero attached hydrogens (tertiary/aromatic N) is 4. The predicted molar refractivity (Wildman–Crippen MR) is 142 cm³/mol. The van der Waals surface area contributed by atoms with Crippen molar-refractivity contribution in [2.75, 3.05) is 50.2 Å². The van der Waals surface area contributed by atoms with E-state index in [9.17, 15) is 24.2 Å². The van der Waals surface area contributed by atoms with E-state index in [1.165, 1.54) is 12.0 Å². The molecule has 1 aromatic carbocycles.